The second-order valence-corrected chi connectivity index (χ2v) is 9.51. The Morgan fingerprint density at radius 2 is 1.18 bits per heavy atom. The molecule has 6 nitrogen and oxygen atoms in total. The van der Waals surface area contributed by atoms with Crippen molar-refractivity contribution in [3.63, 3.8) is 0 Å². The van der Waals surface area contributed by atoms with Gasteiger partial charge in [0.2, 0.25) is 0 Å². The van der Waals surface area contributed by atoms with Gasteiger partial charge in [-0.1, -0.05) is 64.3 Å². The maximum atomic E-state index is 13.0. The van der Waals surface area contributed by atoms with Crippen LogP contribution in [0.4, 0.5) is 0 Å². The summed E-state index contributed by atoms with van der Waals surface area (Å²) in [5.41, 5.74) is 4.64. The second kappa shape index (κ2) is 14.1. The van der Waals surface area contributed by atoms with E-state index in [4.69, 9.17) is 9.47 Å². The van der Waals surface area contributed by atoms with Crippen LogP contribution in [-0.4, -0.2) is 37.3 Å². The van der Waals surface area contributed by atoms with Crippen molar-refractivity contribution in [1.29, 1.82) is 0 Å². The van der Waals surface area contributed by atoms with Crippen LogP contribution in [0.25, 0.3) is 0 Å². The summed E-state index contributed by atoms with van der Waals surface area (Å²) in [7, 11) is 3.60. The first-order valence-electron chi connectivity index (χ1n) is 13.3. The molecule has 0 saturated heterocycles. The van der Waals surface area contributed by atoms with Crippen LogP contribution in [0.2, 0.25) is 0 Å². The third-order valence-electron chi connectivity index (χ3n) is 6.00. The van der Waals surface area contributed by atoms with Crippen molar-refractivity contribution in [2.24, 2.45) is 5.10 Å². The lowest BCUT2D eigenvalue weighted by molar-refractivity contribution is 0.0718. The average Bonchev–Trinajstić information content (AvgIpc) is 2.90. The fraction of sp³-hybridized carbons (Fsp3) is 0.344. The van der Waals surface area contributed by atoms with Crippen LogP contribution in [0.15, 0.2) is 65.8 Å². The minimum Gasteiger partial charge on any atom is -0.423 e. The highest BCUT2D eigenvalue weighted by atomic mass is 16.5. The number of rotatable bonds is 12. The van der Waals surface area contributed by atoms with E-state index in [2.05, 4.69) is 18.9 Å². The normalized spacial score (nSPS) is 11.0. The van der Waals surface area contributed by atoms with Gasteiger partial charge in [-0.15, -0.1) is 0 Å². The fourth-order valence-electron chi connectivity index (χ4n) is 4.05. The lowest BCUT2D eigenvalue weighted by atomic mass is 10.0. The first-order chi connectivity index (χ1) is 18.3. The molecule has 0 amide bonds. The molecule has 0 aliphatic carbocycles. The molecule has 3 aromatic rings. The molecule has 0 saturated carbocycles. The first kappa shape index (κ1) is 28.6. The van der Waals surface area contributed by atoms with Crippen molar-refractivity contribution in [1.82, 2.24) is 5.01 Å². The zero-order valence-corrected chi connectivity index (χ0v) is 23.1. The number of ether oxygens (including phenoxy) is 2. The molecule has 0 aliphatic heterocycles. The summed E-state index contributed by atoms with van der Waals surface area (Å²) in [6, 6.07) is 18.5. The molecule has 0 bridgehead atoms. The zero-order chi connectivity index (χ0) is 27.5. The highest BCUT2D eigenvalue weighted by Gasteiger charge is 2.18. The van der Waals surface area contributed by atoms with Crippen molar-refractivity contribution in [3.8, 4) is 11.5 Å². The Labute approximate surface area is 226 Å². The average molecular weight is 515 g/mol. The molecule has 38 heavy (non-hydrogen) atoms. The van der Waals surface area contributed by atoms with Crippen LogP contribution < -0.4 is 9.47 Å². The maximum Gasteiger partial charge on any atom is 0.343 e. The van der Waals surface area contributed by atoms with Crippen LogP contribution in [0.3, 0.4) is 0 Å². The number of aryl methyl sites for hydroxylation is 3. The number of benzene rings is 3. The predicted molar refractivity (Wildman–Crippen MR) is 153 cm³/mol. The van der Waals surface area contributed by atoms with Gasteiger partial charge in [0.25, 0.3) is 0 Å². The molecule has 0 fully saturated rings. The molecular weight excluding hydrogens is 476 g/mol. The molecule has 0 spiro atoms. The molecule has 3 aromatic carbocycles. The Kier molecular flexibility index (Phi) is 10.6. The Bertz CT molecular complexity index is 1250. The summed E-state index contributed by atoms with van der Waals surface area (Å²) >= 11 is 0. The van der Waals surface area contributed by atoms with Gasteiger partial charge >= 0.3 is 11.9 Å². The molecule has 3 rings (SSSR count). The van der Waals surface area contributed by atoms with Gasteiger partial charge in [-0.05, 0) is 72.4 Å². The van der Waals surface area contributed by atoms with E-state index < -0.39 is 11.9 Å². The number of carbonyl (C=O) groups excluding carboxylic acids is 2. The molecule has 0 heterocycles. The van der Waals surface area contributed by atoms with E-state index >= 15 is 0 Å². The number of hydrogen-bond donors (Lipinski definition) is 0. The summed E-state index contributed by atoms with van der Waals surface area (Å²) < 4.78 is 11.7. The molecule has 0 aromatic heterocycles. The van der Waals surface area contributed by atoms with Gasteiger partial charge in [-0.25, -0.2) is 9.59 Å². The third-order valence-corrected chi connectivity index (χ3v) is 6.00. The number of hydrazone groups is 1. The van der Waals surface area contributed by atoms with Crippen LogP contribution in [0.5, 0.6) is 11.5 Å². The highest BCUT2D eigenvalue weighted by molar-refractivity contribution is 5.94. The van der Waals surface area contributed by atoms with Crippen molar-refractivity contribution < 1.29 is 19.1 Å². The van der Waals surface area contributed by atoms with Gasteiger partial charge in [-0.2, -0.15) is 5.10 Å². The lowest BCUT2D eigenvalue weighted by Gasteiger charge is -2.15. The minimum atomic E-state index is -0.452. The number of nitrogens with zero attached hydrogens (tertiary/aromatic N) is 2. The molecule has 200 valence electrons. The predicted octanol–water partition coefficient (Wildman–Crippen LogP) is 6.88. The standard InChI is InChI=1S/C32H38N2O4/c1-6-9-23-12-16-25(17-13-23)31(35)37-29-21-28(22-33-34(4)5)30(20-27(29)11-8-3)38-32(36)26-18-14-24(10-7-2)15-19-26/h12-22H,6-11H2,1-5H3/b33-22+. The Balaban J connectivity index is 1.92. The van der Waals surface area contributed by atoms with Gasteiger partial charge in [0, 0.05) is 19.7 Å². The summed E-state index contributed by atoms with van der Waals surface area (Å²) in [5, 5.41) is 5.97. The SMILES string of the molecule is CCCc1ccc(C(=O)Oc2cc(CCC)c(OC(=O)c3ccc(CCC)cc3)cc2/C=N/N(C)C)cc1. The third kappa shape index (κ3) is 8.04. The summed E-state index contributed by atoms with van der Waals surface area (Å²) in [5.74, 6) is -0.0893. The number of hydrogen-bond acceptors (Lipinski definition) is 6. The summed E-state index contributed by atoms with van der Waals surface area (Å²) in [6.07, 6.45) is 7.09. The van der Waals surface area contributed by atoms with Crippen molar-refractivity contribution in [3.05, 3.63) is 94.0 Å². The summed E-state index contributed by atoms with van der Waals surface area (Å²) in [6.45, 7) is 6.29. The molecule has 0 unspecified atom stereocenters. The number of carbonyl (C=O) groups is 2. The van der Waals surface area contributed by atoms with Gasteiger partial charge in [0.15, 0.2) is 0 Å². The van der Waals surface area contributed by atoms with Gasteiger partial charge in [0.1, 0.15) is 11.5 Å². The van der Waals surface area contributed by atoms with E-state index in [9.17, 15) is 9.59 Å². The quantitative estimate of drug-likeness (QED) is 0.114. The lowest BCUT2D eigenvalue weighted by Crippen LogP contribution is -2.13. The van der Waals surface area contributed by atoms with E-state index in [1.54, 1.807) is 61.7 Å². The zero-order valence-electron chi connectivity index (χ0n) is 23.1. The van der Waals surface area contributed by atoms with Crippen molar-refractivity contribution >= 4 is 18.2 Å². The van der Waals surface area contributed by atoms with E-state index in [1.807, 2.05) is 31.2 Å². The molecular formula is C32H38N2O4. The number of esters is 2. The topological polar surface area (TPSA) is 68.2 Å². The molecule has 0 aliphatic rings. The smallest absolute Gasteiger partial charge is 0.343 e. The Morgan fingerprint density at radius 3 is 1.63 bits per heavy atom. The molecule has 6 heteroatoms. The van der Waals surface area contributed by atoms with E-state index in [0.29, 0.717) is 34.6 Å². The van der Waals surface area contributed by atoms with Crippen LogP contribution in [-0.2, 0) is 19.3 Å². The maximum absolute atomic E-state index is 13.0. The van der Waals surface area contributed by atoms with Crippen molar-refractivity contribution in [2.45, 2.75) is 59.3 Å². The Hall–Kier alpha value is -3.93. The van der Waals surface area contributed by atoms with E-state index in [-0.39, 0.29) is 0 Å². The highest BCUT2D eigenvalue weighted by Crippen LogP contribution is 2.31. The largest absolute Gasteiger partial charge is 0.423 e. The van der Waals surface area contributed by atoms with Crippen LogP contribution >= 0.6 is 0 Å². The van der Waals surface area contributed by atoms with E-state index in [0.717, 1.165) is 37.7 Å². The fourth-order valence-corrected chi connectivity index (χ4v) is 4.05. The van der Waals surface area contributed by atoms with Crippen LogP contribution in [0.1, 0.15) is 83.0 Å². The van der Waals surface area contributed by atoms with E-state index in [1.165, 1.54) is 11.1 Å². The van der Waals surface area contributed by atoms with Gasteiger partial charge in [-0.3, -0.25) is 0 Å². The Morgan fingerprint density at radius 1 is 0.711 bits per heavy atom. The molecule has 0 N–H and O–H groups in total. The van der Waals surface area contributed by atoms with Crippen molar-refractivity contribution in [2.75, 3.05) is 14.1 Å². The monoisotopic (exact) mass is 514 g/mol. The second-order valence-electron chi connectivity index (χ2n) is 9.51. The minimum absolute atomic E-state index is 0.366. The van der Waals surface area contributed by atoms with Gasteiger partial charge < -0.3 is 14.5 Å². The first-order valence-corrected chi connectivity index (χ1v) is 13.3. The summed E-state index contributed by atoms with van der Waals surface area (Å²) in [4.78, 5) is 26.0. The van der Waals surface area contributed by atoms with Gasteiger partial charge in [0.05, 0.1) is 17.3 Å². The van der Waals surface area contributed by atoms with Crippen LogP contribution in [0, 0.1) is 0 Å². The molecule has 0 radical (unpaired) electrons. The molecule has 0 atom stereocenters.